The molecule has 4 heteroatoms. The lowest BCUT2D eigenvalue weighted by Gasteiger charge is -2.57. The Balaban J connectivity index is 1.40. The second-order valence-electron chi connectivity index (χ2n) is 11.7. The minimum Gasteiger partial charge on any atom is -0.466 e. The molecule has 0 N–H and O–H groups in total. The first kappa shape index (κ1) is 21.4. The highest BCUT2D eigenvalue weighted by molar-refractivity contribution is 5.92. The maximum absolute atomic E-state index is 13.8. The number of fused-ring (bicyclic) bond motifs is 8. The lowest BCUT2D eigenvalue weighted by Crippen LogP contribution is -2.56. The Morgan fingerprint density at radius 2 is 2.00 bits per heavy atom. The molecule has 5 aliphatic carbocycles. The van der Waals surface area contributed by atoms with Crippen LogP contribution in [0, 0.1) is 52.3 Å². The van der Waals surface area contributed by atoms with Gasteiger partial charge in [0.15, 0.2) is 5.78 Å². The van der Waals surface area contributed by atoms with Gasteiger partial charge in [0.25, 0.3) is 0 Å². The number of ketones is 2. The van der Waals surface area contributed by atoms with E-state index >= 15 is 0 Å². The monoisotopic (exact) mass is 426 g/mol. The maximum Gasteiger partial charge on any atom is 0.305 e. The molecule has 0 aliphatic heterocycles. The van der Waals surface area contributed by atoms with Crippen molar-refractivity contribution in [3.63, 3.8) is 0 Å². The Morgan fingerprint density at radius 3 is 2.74 bits per heavy atom. The normalized spacial score (nSPS) is 46.3. The van der Waals surface area contributed by atoms with Crippen molar-refractivity contribution in [3.8, 4) is 0 Å². The van der Waals surface area contributed by atoms with Crippen molar-refractivity contribution in [2.75, 3.05) is 6.61 Å². The second kappa shape index (κ2) is 7.28. The van der Waals surface area contributed by atoms with E-state index in [-0.39, 0.29) is 16.8 Å². The summed E-state index contributed by atoms with van der Waals surface area (Å²) in [6, 6.07) is 0. The summed E-state index contributed by atoms with van der Waals surface area (Å²) in [4.78, 5) is 37.9. The Labute approximate surface area is 186 Å². The number of hydrogen-bond donors (Lipinski definition) is 0. The third-order valence-corrected chi connectivity index (χ3v) is 10.5. The molecular weight excluding hydrogens is 388 g/mol. The molecule has 0 aromatic heterocycles. The van der Waals surface area contributed by atoms with E-state index in [0.29, 0.717) is 78.9 Å². The topological polar surface area (TPSA) is 60.4 Å². The van der Waals surface area contributed by atoms with Crippen LogP contribution in [0.1, 0.15) is 79.1 Å². The summed E-state index contributed by atoms with van der Waals surface area (Å²) in [5, 5.41) is 0. The van der Waals surface area contributed by atoms with Gasteiger partial charge in [-0.2, -0.15) is 0 Å². The summed E-state index contributed by atoms with van der Waals surface area (Å²) in [5.41, 5.74) is 1.19. The number of carbonyl (C=O) groups is 3. The molecule has 4 fully saturated rings. The Morgan fingerprint density at radius 1 is 1.23 bits per heavy atom. The fourth-order valence-electron chi connectivity index (χ4n) is 8.84. The zero-order valence-electron chi connectivity index (χ0n) is 19.6. The van der Waals surface area contributed by atoms with Crippen LogP contribution in [0.3, 0.4) is 0 Å². The van der Waals surface area contributed by atoms with Crippen molar-refractivity contribution < 1.29 is 19.1 Å². The number of ether oxygens (including phenoxy) is 1. The van der Waals surface area contributed by atoms with Crippen LogP contribution in [-0.4, -0.2) is 24.1 Å². The van der Waals surface area contributed by atoms with E-state index in [1.54, 1.807) is 0 Å². The highest BCUT2D eigenvalue weighted by atomic mass is 16.5. The van der Waals surface area contributed by atoms with Crippen LogP contribution in [0.5, 0.6) is 0 Å². The average molecular weight is 427 g/mol. The van der Waals surface area contributed by atoms with Gasteiger partial charge in [0.1, 0.15) is 5.78 Å². The van der Waals surface area contributed by atoms with Gasteiger partial charge in [-0.05, 0) is 91.9 Å². The summed E-state index contributed by atoms with van der Waals surface area (Å²) < 4.78 is 5.13. The first-order valence-electron chi connectivity index (χ1n) is 12.7. The molecule has 5 rings (SSSR count). The van der Waals surface area contributed by atoms with E-state index in [9.17, 15) is 14.4 Å². The van der Waals surface area contributed by atoms with Crippen LogP contribution in [0.15, 0.2) is 11.6 Å². The fourth-order valence-corrected chi connectivity index (χ4v) is 8.84. The minimum absolute atomic E-state index is 0.0425. The number of Topliss-reactive ketones (excluding diaryl/α,β-unsaturated/α-hetero) is 1. The van der Waals surface area contributed by atoms with Crippen LogP contribution in [0.2, 0.25) is 0 Å². The Bertz CT molecular complexity index is 842. The number of esters is 1. The van der Waals surface area contributed by atoms with Gasteiger partial charge in [0.05, 0.1) is 6.61 Å². The molecule has 0 spiro atoms. The van der Waals surface area contributed by atoms with Gasteiger partial charge in [-0.1, -0.05) is 26.3 Å². The van der Waals surface area contributed by atoms with Crippen molar-refractivity contribution in [2.45, 2.75) is 79.1 Å². The van der Waals surface area contributed by atoms with E-state index in [1.807, 2.05) is 13.0 Å². The third kappa shape index (κ3) is 3.03. The molecule has 9 atom stereocenters. The van der Waals surface area contributed by atoms with Crippen LogP contribution in [0.25, 0.3) is 0 Å². The summed E-state index contributed by atoms with van der Waals surface area (Å²) in [6.07, 6.45) is 8.97. The van der Waals surface area contributed by atoms with Crippen LogP contribution in [0.4, 0.5) is 0 Å². The third-order valence-electron chi connectivity index (χ3n) is 10.5. The minimum atomic E-state index is -0.246. The zero-order valence-corrected chi connectivity index (χ0v) is 19.6. The average Bonchev–Trinajstić information content (AvgIpc) is 3.43. The van der Waals surface area contributed by atoms with Gasteiger partial charge < -0.3 is 4.74 Å². The molecule has 0 unspecified atom stereocenters. The lowest BCUT2D eigenvalue weighted by molar-refractivity contribution is -0.149. The number of rotatable bonds is 5. The first-order valence-corrected chi connectivity index (χ1v) is 12.7. The van der Waals surface area contributed by atoms with Gasteiger partial charge in [-0.3, -0.25) is 14.4 Å². The Kier molecular flexibility index (Phi) is 5.03. The molecule has 0 radical (unpaired) electrons. The molecule has 0 bridgehead atoms. The van der Waals surface area contributed by atoms with Crippen LogP contribution in [-0.2, 0) is 19.1 Å². The smallest absolute Gasteiger partial charge is 0.305 e. The molecule has 4 nitrogen and oxygen atoms in total. The predicted molar refractivity (Wildman–Crippen MR) is 118 cm³/mol. The molecule has 0 aromatic carbocycles. The van der Waals surface area contributed by atoms with E-state index in [1.165, 1.54) is 12.0 Å². The van der Waals surface area contributed by atoms with Crippen molar-refractivity contribution >= 4 is 17.5 Å². The molecule has 170 valence electrons. The number of carbonyl (C=O) groups excluding carboxylic acids is 3. The van der Waals surface area contributed by atoms with Crippen molar-refractivity contribution in [1.82, 2.24) is 0 Å². The van der Waals surface area contributed by atoms with Gasteiger partial charge >= 0.3 is 5.97 Å². The van der Waals surface area contributed by atoms with Crippen molar-refractivity contribution in [1.29, 1.82) is 0 Å². The van der Waals surface area contributed by atoms with Gasteiger partial charge in [-0.15, -0.1) is 0 Å². The molecule has 0 saturated heterocycles. The van der Waals surface area contributed by atoms with E-state index in [4.69, 9.17) is 4.74 Å². The number of hydrogen-bond acceptors (Lipinski definition) is 4. The summed E-state index contributed by atoms with van der Waals surface area (Å²) in [7, 11) is 0. The quantitative estimate of drug-likeness (QED) is 0.571. The molecule has 4 saturated carbocycles. The molecule has 0 amide bonds. The first-order chi connectivity index (χ1) is 14.7. The molecule has 5 aliphatic rings. The largest absolute Gasteiger partial charge is 0.466 e. The zero-order chi connectivity index (χ0) is 22.1. The van der Waals surface area contributed by atoms with E-state index < -0.39 is 0 Å². The fraction of sp³-hybridized carbons (Fsp3) is 0.815. The lowest BCUT2D eigenvalue weighted by atomic mass is 9.46. The number of allylic oxidation sites excluding steroid dienone is 1. The van der Waals surface area contributed by atoms with Crippen LogP contribution >= 0.6 is 0 Å². The van der Waals surface area contributed by atoms with Gasteiger partial charge in [-0.25, -0.2) is 0 Å². The van der Waals surface area contributed by atoms with E-state index in [0.717, 1.165) is 25.7 Å². The summed E-state index contributed by atoms with van der Waals surface area (Å²) >= 11 is 0. The molecule has 0 heterocycles. The second-order valence-corrected chi connectivity index (χ2v) is 11.7. The van der Waals surface area contributed by atoms with Gasteiger partial charge in [0, 0.05) is 24.7 Å². The van der Waals surface area contributed by atoms with Gasteiger partial charge in [0.2, 0.25) is 0 Å². The molecule has 31 heavy (non-hydrogen) atoms. The SMILES string of the molecule is CCOC(=O)CC[C@@H](C)[C@H]1CC[C@H]2[C@@H]3[C@@H]4C[C@@H]4C4=CC(=O)CC[C@]4(C)[C@H]3CC(=O)[C@]12C. The molecule has 0 aromatic rings. The van der Waals surface area contributed by atoms with Crippen molar-refractivity contribution in [2.24, 2.45) is 52.3 Å². The Hall–Kier alpha value is -1.45. The van der Waals surface area contributed by atoms with Crippen molar-refractivity contribution in [3.05, 3.63) is 11.6 Å². The maximum atomic E-state index is 13.8. The predicted octanol–water partition coefficient (Wildman–Crippen LogP) is 5.15. The summed E-state index contributed by atoms with van der Waals surface area (Å²) in [6.45, 7) is 9.15. The standard InChI is InChI=1S/C27H38O4/c1-5-31-24(30)9-6-15(2)19-7-8-20-25-18-13-17(18)21-12-16(28)10-11-26(21,3)22(25)14-23(29)27(19,20)4/h12,15,17-20,22,25H,5-11,13-14H2,1-4H3/t15-,17+,18-,19-,20+,22+,25+,26+,27-/m1/s1. The highest BCUT2D eigenvalue weighted by Gasteiger charge is 2.69. The summed E-state index contributed by atoms with van der Waals surface area (Å²) in [5.74, 6) is 4.15. The van der Waals surface area contributed by atoms with E-state index in [2.05, 4.69) is 20.8 Å². The molecular formula is C27H38O4. The highest BCUT2D eigenvalue weighted by Crippen LogP contribution is 2.74. The van der Waals surface area contributed by atoms with Crippen LogP contribution < -0.4 is 0 Å².